The summed E-state index contributed by atoms with van der Waals surface area (Å²) in [5.41, 5.74) is 3.28. The molecule has 7 heteroatoms. The van der Waals surface area contributed by atoms with Gasteiger partial charge in [0, 0.05) is 4.88 Å². The molecule has 4 aromatic rings. The number of fused-ring (bicyclic) bond motifs is 5. The molecular formula is C21H22N4OS2. The van der Waals surface area contributed by atoms with Crippen LogP contribution in [0.2, 0.25) is 0 Å². The highest BCUT2D eigenvalue weighted by Gasteiger charge is 2.28. The van der Waals surface area contributed by atoms with E-state index in [-0.39, 0.29) is 5.56 Å². The van der Waals surface area contributed by atoms with Gasteiger partial charge in [0.05, 0.1) is 11.1 Å². The third kappa shape index (κ3) is 2.56. The summed E-state index contributed by atoms with van der Waals surface area (Å²) in [7, 11) is 0. The van der Waals surface area contributed by atoms with Crippen molar-refractivity contribution < 1.29 is 0 Å². The Morgan fingerprint density at radius 1 is 1.25 bits per heavy atom. The van der Waals surface area contributed by atoms with Crippen LogP contribution in [0.15, 0.2) is 34.2 Å². The van der Waals surface area contributed by atoms with E-state index < -0.39 is 0 Å². The van der Waals surface area contributed by atoms with Crippen LogP contribution in [0.3, 0.4) is 0 Å². The van der Waals surface area contributed by atoms with Crippen LogP contribution >= 0.6 is 23.1 Å². The smallest absolute Gasteiger partial charge is 0.268 e. The van der Waals surface area contributed by atoms with E-state index >= 15 is 0 Å². The molecule has 144 valence electrons. The Hall–Kier alpha value is -2.12. The van der Waals surface area contributed by atoms with Crippen LogP contribution in [-0.2, 0) is 6.42 Å². The molecular weight excluding hydrogens is 388 g/mol. The van der Waals surface area contributed by atoms with Crippen LogP contribution in [-0.4, -0.2) is 24.9 Å². The number of hydrogen-bond donors (Lipinski definition) is 0. The minimum Gasteiger partial charge on any atom is -0.268 e. The van der Waals surface area contributed by atoms with Crippen LogP contribution in [0.4, 0.5) is 0 Å². The van der Waals surface area contributed by atoms with Gasteiger partial charge in [0.2, 0.25) is 5.78 Å². The minimum absolute atomic E-state index is 0.0260. The molecule has 0 spiro atoms. The van der Waals surface area contributed by atoms with Gasteiger partial charge in [-0.05, 0) is 55.6 Å². The maximum atomic E-state index is 13.8. The predicted molar refractivity (Wildman–Crippen MR) is 116 cm³/mol. The predicted octanol–water partition coefficient (Wildman–Crippen LogP) is 4.96. The van der Waals surface area contributed by atoms with Gasteiger partial charge in [-0.25, -0.2) is 8.97 Å². The highest BCUT2D eigenvalue weighted by atomic mass is 32.2. The zero-order valence-corrected chi connectivity index (χ0v) is 17.9. The number of aromatic nitrogens is 4. The SMILES string of the molecule is CCSc1nnc2n(-c3ccc(C)cc3)c(=O)c3c4c(sc3n12)CCCC4C. The molecule has 0 radical (unpaired) electrons. The maximum absolute atomic E-state index is 13.8. The topological polar surface area (TPSA) is 52.2 Å². The fourth-order valence-corrected chi connectivity index (χ4v) is 6.37. The highest BCUT2D eigenvalue weighted by Crippen LogP contribution is 2.41. The van der Waals surface area contributed by atoms with Crippen molar-refractivity contribution in [2.45, 2.75) is 51.1 Å². The lowest BCUT2D eigenvalue weighted by molar-refractivity contribution is 0.601. The summed E-state index contributed by atoms with van der Waals surface area (Å²) in [4.78, 5) is 16.1. The van der Waals surface area contributed by atoms with Crippen LogP contribution < -0.4 is 5.56 Å². The Morgan fingerprint density at radius 3 is 2.79 bits per heavy atom. The first-order chi connectivity index (χ1) is 13.6. The Bertz CT molecular complexity index is 1250. The molecule has 5 nitrogen and oxygen atoms in total. The largest absolute Gasteiger partial charge is 0.268 e. The van der Waals surface area contributed by atoms with Gasteiger partial charge in [-0.15, -0.1) is 21.5 Å². The van der Waals surface area contributed by atoms with E-state index in [0.29, 0.717) is 11.7 Å². The molecule has 3 heterocycles. The summed E-state index contributed by atoms with van der Waals surface area (Å²) < 4.78 is 3.84. The first-order valence-electron chi connectivity index (χ1n) is 9.75. The third-order valence-electron chi connectivity index (χ3n) is 5.54. The zero-order valence-electron chi connectivity index (χ0n) is 16.2. The van der Waals surface area contributed by atoms with Gasteiger partial charge in [0.25, 0.3) is 5.56 Å². The molecule has 3 aromatic heterocycles. The lowest BCUT2D eigenvalue weighted by Crippen LogP contribution is -2.22. The van der Waals surface area contributed by atoms with Crippen molar-refractivity contribution in [3.05, 3.63) is 50.6 Å². The lowest BCUT2D eigenvalue weighted by atomic mass is 9.88. The first kappa shape index (κ1) is 17.9. The van der Waals surface area contributed by atoms with Crippen LogP contribution in [0.1, 0.15) is 48.6 Å². The number of hydrogen-bond acceptors (Lipinski definition) is 5. The number of rotatable bonds is 3. The van der Waals surface area contributed by atoms with Gasteiger partial charge in [-0.3, -0.25) is 4.79 Å². The Kier molecular flexibility index (Phi) is 4.32. The number of thioether (sulfide) groups is 1. The number of thiophene rings is 1. The molecule has 0 N–H and O–H groups in total. The molecule has 28 heavy (non-hydrogen) atoms. The fraction of sp³-hybridized carbons (Fsp3) is 0.381. The molecule has 5 rings (SSSR count). The Morgan fingerprint density at radius 2 is 2.04 bits per heavy atom. The molecule has 0 fully saturated rings. The lowest BCUT2D eigenvalue weighted by Gasteiger charge is -2.18. The maximum Gasteiger partial charge on any atom is 0.268 e. The monoisotopic (exact) mass is 410 g/mol. The van der Waals surface area contributed by atoms with E-state index in [1.165, 1.54) is 22.4 Å². The zero-order chi connectivity index (χ0) is 19.4. The van der Waals surface area contributed by atoms with E-state index in [9.17, 15) is 4.79 Å². The first-order valence-corrected chi connectivity index (χ1v) is 11.6. The normalized spacial score (nSPS) is 16.8. The second-order valence-electron chi connectivity index (χ2n) is 7.44. The van der Waals surface area contributed by atoms with E-state index in [1.54, 1.807) is 27.7 Å². The molecule has 1 unspecified atom stereocenters. The highest BCUT2D eigenvalue weighted by molar-refractivity contribution is 7.99. The standard InChI is InChI=1S/C21H22N4OS2/c1-4-27-21-23-22-20-24(14-10-8-12(2)9-11-14)18(26)17-16-13(3)6-5-7-15(16)28-19(17)25(20)21/h8-11,13H,4-7H2,1-3H3. The van der Waals surface area contributed by atoms with Crippen molar-refractivity contribution in [3.63, 3.8) is 0 Å². The summed E-state index contributed by atoms with van der Waals surface area (Å²) in [5.74, 6) is 1.92. The van der Waals surface area contributed by atoms with E-state index in [2.05, 4.69) is 35.4 Å². The summed E-state index contributed by atoms with van der Waals surface area (Å²) >= 11 is 3.42. The van der Waals surface area contributed by atoms with Crippen molar-refractivity contribution in [3.8, 4) is 5.69 Å². The summed E-state index contributed by atoms with van der Waals surface area (Å²) in [6.07, 6.45) is 3.39. The second-order valence-corrected chi connectivity index (χ2v) is 9.75. The van der Waals surface area contributed by atoms with Gasteiger partial charge >= 0.3 is 0 Å². The summed E-state index contributed by atoms with van der Waals surface area (Å²) in [6, 6.07) is 8.05. The molecule has 0 aliphatic heterocycles. The molecule has 0 amide bonds. The van der Waals surface area contributed by atoms with Crippen molar-refractivity contribution in [1.29, 1.82) is 0 Å². The van der Waals surface area contributed by atoms with E-state index in [0.717, 1.165) is 39.7 Å². The van der Waals surface area contributed by atoms with Crippen LogP contribution in [0, 0.1) is 6.92 Å². The van der Waals surface area contributed by atoms with Crippen LogP contribution in [0.25, 0.3) is 21.7 Å². The number of nitrogens with zero attached hydrogens (tertiary/aromatic N) is 4. The molecule has 0 saturated heterocycles. The average molecular weight is 411 g/mol. The molecule has 0 saturated carbocycles. The van der Waals surface area contributed by atoms with Crippen molar-refractivity contribution in [2.75, 3.05) is 5.75 Å². The van der Waals surface area contributed by atoms with Crippen molar-refractivity contribution in [2.24, 2.45) is 0 Å². The average Bonchev–Trinajstić information content (AvgIpc) is 3.26. The minimum atomic E-state index is 0.0260. The van der Waals surface area contributed by atoms with E-state index in [4.69, 9.17) is 0 Å². The number of aryl methyl sites for hydroxylation is 2. The second kappa shape index (κ2) is 6.74. The molecule has 1 atom stereocenters. The quantitative estimate of drug-likeness (QED) is 0.448. The van der Waals surface area contributed by atoms with E-state index in [1.807, 2.05) is 24.3 Å². The van der Waals surface area contributed by atoms with Gasteiger partial charge in [-0.1, -0.05) is 43.3 Å². The number of benzene rings is 1. The van der Waals surface area contributed by atoms with Crippen molar-refractivity contribution >= 4 is 39.1 Å². The van der Waals surface area contributed by atoms with Gasteiger partial charge in [0.1, 0.15) is 4.83 Å². The van der Waals surface area contributed by atoms with Gasteiger partial charge < -0.3 is 0 Å². The van der Waals surface area contributed by atoms with Gasteiger partial charge in [0.15, 0.2) is 5.16 Å². The van der Waals surface area contributed by atoms with Crippen molar-refractivity contribution in [1.82, 2.24) is 19.2 Å². The van der Waals surface area contributed by atoms with Crippen LogP contribution in [0.5, 0.6) is 0 Å². The Balaban J connectivity index is 1.96. The fourth-order valence-electron chi connectivity index (χ4n) is 4.20. The Labute approximate surface area is 171 Å². The molecule has 1 aliphatic carbocycles. The third-order valence-corrected chi connectivity index (χ3v) is 7.60. The molecule has 1 aliphatic rings. The summed E-state index contributed by atoms with van der Waals surface area (Å²) in [5, 5.41) is 10.6. The molecule has 0 bridgehead atoms. The molecule has 1 aromatic carbocycles. The summed E-state index contributed by atoms with van der Waals surface area (Å²) in [6.45, 7) is 6.41. The van der Waals surface area contributed by atoms with Gasteiger partial charge in [-0.2, -0.15) is 0 Å².